The quantitative estimate of drug-likeness (QED) is 0.320. The van der Waals surface area contributed by atoms with Crippen LogP contribution in [0.1, 0.15) is 47.0 Å². The van der Waals surface area contributed by atoms with Gasteiger partial charge in [0, 0.05) is 33.3 Å². The number of rotatable bonds is 9. The maximum atomic E-state index is 5.79. The number of nitrogens with one attached hydrogen (secondary N) is 2. The number of aliphatic imine (C=N–C) groups is 1. The van der Waals surface area contributed by atoms with Crippen LogP contribution in [-0.4, -0.2) is 63.3 Å². The summed E-state index contributed by atoms with van der Waals surface area (Å²) in [5.41, 5.74) is 0. The molecule has 5 nitrogen and oxygen atoms in total. The zero-order valence-corrected chi connectivity index (χ0v) is 18.6. The second kappa shape index (κ2) is 14.1. The first-order valence-corrected chi connectivity index (χ1v) is 9.39. The third kappa shape index (κ3) is 9.42. The second-order valence-electron chi connectivity index (χ2n) is 6.81. The molecule has 0 aliphatic carbocycles. The summed E-state index contributed by atoms with van der Waals surface area (Å²) in [5.74, 6) is 2.20. The molecule has 1 fully saturated rings. The first kappa shape index (κ1) is 23.9. The Bertz CT molecular complexity index is 339. The van der Waals surface area contributed by atoms with Gasteiger partial charge in [-0.3, -0.25) is 4.99 Å². The Balaban J connectivity index is 0.00000529. The Morgan fingerprint density at radius 3 is 2.62 bits per heavy atom. The van der Waals surface area contributed by atoms with Crippen LogP contribution >= 0.6 is 24.0 Å². The molecule has 2 unspecified atom stereocenters. The van der Waals surface area contributed by atoms with Crippen LogP contribution in [-0.2, 0) is 4.74 Å². The molecule has 1 saturated heterocycles. The van der Waals surface area contributed by atoms with Gasteiger partial charge in [0.05, 0.1) is 6.10 Å². The summed E-state index contributed by atoms with van der Waals surface area (Å²) >= 11 is 0. The lowest BCUT2D eigenvalue weighted by Crippen LogP contribution is -2.45. The standard InChI is InChI=1S/C18H38N4O.HI/c1-6-22-12-8-9-16(14-22)13-21-18(19-5)20-11-10-17(15(3)4)23-7-2;/h15-17H,6-14H2,1-5H3,(H2,19,20,21);1H. The van der Waals surface area contributed by atoms with Gasteiger partial charge in [0.15, 0.2) is 5.96 Å². The van der Waals surface area contributed by atoms with Crippen LogP contribution in [0.25, 0.3) is 0 Å². The van der Waals surface area contributed by atoms with Crippen molar-refractivity contribution in [2.45, 2.75) is 53.1 Å². The fourth-order valence-corrected chi connectivity index (χ4v) is 3.22. The van der Waals surface area contributed by atoms with Crippen LogP contribution in [0.15, 0.2) is 4.99 Å². The van der Waals surface area contributed by atoms with Crippen LogP contribution in [0.4, 0.5) is 0 Å². The normalized spacial score (nSPS) is 20.6. The average Bonchev–Trinajstić information content (AvgIpc) is 2.56. The second-order valence-corrected chi connectivity index (χ2v) is 6.81. The molecule has 2 atom stereocenters. The lowest BCUT2D eigenvalue weighted by Gasteiger charge is -2.32. The van der Waals surface area contributed by atoms with Gasteiger partial charge in [-0.05, 0) is 51.1 Å². The molecule has 1 aliphatic heterocycles. The van der Waals surface area contributed by atoms with E-state index in [0.717, 1.165) is 44.5 Å². The smallest absolute Gasteiger partial charge is 0.190 e. The number of piperidine rings is 1. The van der Waals surface area contributed by atoms with Crippen molar-refractivity contribution in [1.29, 1.82) is 0 Å². The van der Waals surface area contributed by atoms with Gasteiger partial charge in [0.25, 0.3) is 0 Å². The third-order valence-electron chi connectivity index (χ3n) is 4.68. The summed E-state index contributed by atoms with van der Waals surface area (Å²) in [5, 5.41) is 6.91. The summed E-state index contributed by atoms with van der Waals surface area (Å²) in [4.78, 5) is 6.88. The van der Waals surface area contributed by atoms with Crippen LogP contribution in [0.2, 0.25) is 0 Å². The molecule has 0 radical (unpaired) electrons. The molecule has 24 heavy (non-hydrogen) atoms. The average molecular weight is 454 g/mol. The Labute approximate surface area is 166 Å². The number of halogens is 1. The zero-order chi connectivity index (χ0) is 17.1. The third-order valence-corrected chi connectivity index (χ3v) is 4.68. The van der Waals surface area contributed by atoms with Crippen molar-refractivity contribution in [2.75, 3.05) is 46.4 Å². The number of hydrogen-bond acceptors (Lipinski definition) is 3. The number of nitrogens with zero attached hydrogens (tertiary/aromatic N) is 2. The van der Waals surface area contributed by atoms with Gasteiger partial charge in [0.2, 0.25) is 0 Å². The molecule has 0 amide bonds. The summed E-state index contributed by atoms with van der Waals surface area (Å²) in [7, 11) is 1.84. The summed E-state index contributed by atoms with van der Waals surface area (Å²) in [6.45, 7) is 15.1. The number of ether oxygens (including phenoxy) is 1. The molecule has 0 spiro atoms. The van der Waals surface area contributed by atoms with Crippen LogP contribution in [0.5, 0.6) is 0 Å². The molecule has 2 N–H and O–H groups in total. The first-order chi connectivity index (χ1) is 11.1. The molecule has 6 heteroatoms. The molecule has 0 aromatic heterocycles. The Hall–Kier alpha value is -0.0800. The van der Waals surface area contributed by atoms with E-state index in [9.17, 15) is 0 Å². The van der Waals surface area contributed by atoms with Crippen molar-refractivity contribution in [1.82, 2.24) is 15.5 Å². The van der Waals surface area contributed by atoms with Gasteiger partial charge in [0.1, 0.15) is 0 Å². The Morgan fingerprint density at radius 1 is 1.29 bits per heavy atom. The SMILES string of the molecule is CCOC(CCNC(=NC)NCC1CCCN(CC)C1)C(C)C.I. The fourth-order valence-electron chi connectivity index (χ4n) is 3.22. The summed E-state index contributed by atoms with van der Waals surface area (Å²) < 4.78 is 5.79. The van der Waals surface area contributed by atoms with E-state index in [2.05, 4.69) is 48.2 Å². The van der Waals surface area contributed by atoms with E-state index in [1.54, 1.807) is 0 Å². The van der Waals surface area contributed by atoms with Gasteiger partial charge >= 0.3 is 0 Å². The zero-order valence-electron chi connectivity index (χ0n) is 16.3. The number of likely N-dealkylation sites (tertiary alicyclic amines) is 1. The fraction of sp³-hybridized carbons (Fsp3) is 0.944. The molecule has 0 aromatic rings. The lowest BCUT2D eigenvalue weighted by atomic mass is 9.98. The van der Waals surface area contributed by atoms with E-state index in [-0.39, 0.29) is 24.0 Å². The molecular formula is C18H39IN4O. The van der Waals surface area contributed by atoms with Crippen LogP contribution in [0, 0.1) is 11.8 Å². The van der Waals surface area contributed by atoms with E-state index in [0.29, 0.717) is 12.0 Å². The first-order valence-electron chi connectivity index (χ1n) is 9.39. The highest BCUT2D eigenvalue weighted by molar-refractivity contribution is 14.0. The summed E-state index contributed by atoms with van der Waals surface area (Å²) in [6.07, 6.45) is 3.97. The maximum Gasteiger partial charge on any atom is 0.190 e. The van der Waals surface area contributed by atoms with E-state index in [1.807, 2.05) is 7.05 Å². The van der Waals surface area contributed by atoms with E-state index in [1.165, 1.54) is 25.9 Å². The van der Waals surface area contributed by atoms with Crippen molar-refractivity contribution in [3.63, 3.8) is 0 Å². The molecule has 1 aliphatic rings. The monoisotopic (exact) mass is 454 g/mol. The minimum absolute atomic E-state index is 0. The van der Waals surface area contributed by atoms with Crippen LogP contribution < -0.4 is 10.6 Å². The van der Waals surface area contributed by atoms with Crippen molar-refractivity contribution >= 4 is 29.9 Å². The molecule has 144 valence electrons. The topological polar surface area (TPSA) is 48.9 Å². The highest BCUT2D eigenvalue weighted by Gasteiger charge is 2.19. The molecule has 0 aromatic carbocycles. The van der Waals surface area contributed by atoms with Gasteiger partial charge in [-0.1, -0.05) is 20.8 Å². The lowest BCUT2D eigenvalue weighted by molar-refractivity contribution is 0.0258. The number of hydrogen-bond donors (Lipinski definition) is 2. The molecule has 0 bridgehead atoms. The number of guanidine groups is 1. The van der Waals surface area contributed by atoms with Crippen molar-refractivity contribution in [3.05, 3.63) is 0 Å². The van der Waals surface area contributed by atoms with E-state index < -0.39 is 0 Å². The van der Waals surface area contributed by atoms with Crippen molar-refractivity contribution in [3.8, 4) is 0 Å². The highest BCUT2D eigenvalue weighted by Crippen LogP contribution is 2.15. The van der Waals surface area contributed by atoms with E-state index in [4.69, 9.17) is 4.74 Å². The predicted molar refractivity (Wildman–Crippen MR) is 114 cm³/mol. The molecule has 0 saturated carbocycles. The molecule has 1 rings (SSSR count). The van der Waals surface area contributed by atoms with Gasteiger partial charge < -0.3 is 20.3 Å². The van der Waals surface area contributed by atoms with Crippen molar-refractivity contribution in [2.24, 2.45) is 16.8 Å². The van der Waals surface area contributed by atoms with E-state index >= 15 is 0 Å². The largest absolute Gasteiger partial charge is 0.378 e. The van der Waals surface area contributed by atoms with Gasteiger partial charge in [-0.15, -0.1) is 24.0 Å². The minimum atomic E-state index is 0. The van der Waals surface area contributed by atoms with Crippen LogP contribution in [0.3, 0.4) is 0 Å². The maximum absolute atomic E-state index is 5.79. The predicted octanol–water partition coefficient (Wildman–Crippen LogP) is 2.95. The highest BCUT2D eigenvalue weighted by atomic mass is 127. The van der Waals surface area contributed by atoms with Gasteiger partial charge in [-0.25, -0.2) is 0 Å². The van der Waals surface area contributed by atoms with Crippen molar-refractivity contribution < 1.29 is 4.74 Å². The molecule has 1 heterocycles. The Kier molecular flexibility index (Phi) is 14.1. The Morgan fingerprint density at radius 2 is 2.04 bits per heavy atom. The summed E-state index contributed by atoms with van der Waals surface area (Å²) in [6, 6.07) is 0. The molecular weight excluding hydrogens is 415 g/mol. The van der Waals surface area contributed by atoms with Gasteiger partial charge in [-0.2, -0.15) is 0 Å². The minimum Gasteiger partial charge on any atom is -0.378 e.